The molecule has 186 valence electrons. The molecule has 1 unspecified atom stereocenters. The van der Waals surface area contributed by atoms with E-state index in [1.165, 1.54) is 16.8 Å². The first-order valence-electron chi connectivity index (χ1n) is 11.3. The van der Waals surface area contributed by atoms with Gasteiger partial charge >= 0.3 is 6.36 Å². The summed E-state index contributed by atoms with van der Waals surface area (Å²) in [5.41, 5.74) is 2.20. The molecule has 1 saturated heterocycles. The Hall–Kier alpha value is -3.05. The van der Waals surface area contributed by atoms with Gasteiger partial charge in [0.1, 0.15) is 10.8 Å². The maximum atomic E-state index is 12.9. The Balaban J connectivity index is 1.34. The molecule has 5 rings (SSSR count). The standard InChI is InChI=1S/C23H23ClF3N5O3/c24-21-18(11-29-32(22(21)33)20-7-3-4-10-34-20)30-9-8-17-16(13-30)28-14-31(17)12-15-5-1-2-6-19(15)35-23(25,26)27/h1-2,5-6,11,14,20H,3-4,7-10,12-13H2. The number of halogens is 4. The molecule has 3 aromatic rings. The molecule has 4 heterocycles. The van der Waals surface area contributed by atoms with Crippen LogP contribution in [-0.4, -0.2) is 38.8 Å². The van der Waals surface area contributed by atoms with Crippen LogP contribution in [0.1, 0.15) is 42.4 Å². The zero-order valence-corrected chi connectivity index (χ0v) is 19.4. The Kier molecular flexibility index (Phi) is 6.45. The van der Waals surface area contributed by atoms with Crippen LogP contribution in [0.2, 0.25) is 5.02 Å². The van der Waals surface area contributed by atoms with Crippen molar-refractivity contribution in [2.75, 3.05) is 18.1 Å². The van der Waals surface area contributed by atoms with E-state index in [1.54, 1.807) is 24.7 Å². The van der Waals surface area contributed by atoms with Crippen LogP contribution >= 0.6 is 11.6 Å². The second-order valence-corrected chi connectivity index (χ2v) is 8.89. The van der Waals surface area contributed by atoms with Gasteiger partial charge in [-0.2, -0.15) is 9.78 Å². The topological polar surface area (TPSA) is 74.4 Å². The average Bonchev–Trinajstić information content (AvgIpc) is 3.23. The van der Waals surface area contributed by atoms with E-state index in [-0.39, 0.29) is 17.3 Å². The summed E-state index contributed by atoms with van der Waals surface area (Å²) < 4.78 is 51.3. The van der Waals surface area contributed by atoms with Crippen molar-refractivity contribution in [3.63, 3.8) is 0 Å². The van der Waals surface area contributed by atoms with E-state index in [1.807, 2.05) is 9.47 Å². The second-order valence-electron chi connectivity index (χ2n) is 8.51. The molecule has 8 nitrogen and oxygen atoms in total. The largest absolute Gasteiger partial charge is 0.573 e. The molecule has 0 bridgehead atoms. The van der Waals surface area contributed by atoms with Gasteiger partial charge in [0, 0.05) is 30.8 Å². The number of benzene rings is 1. The van der Waals surface area contributed by atoms with E-state index < -0.39 is 18.1 Å². The lowest BCUT2D eigenvalue weighted by molar-refractivity contribution is -0.274. The number of imidazole rings is 1. The minimum atomic E-state index is -4.77. The lowest BCUT2D eigenvalue weighted by atomic mass is 10.1. The van der Waals surface area contributed by atoms with Gasteiger partial charge in [0.05, 0.1) is 37.0 Å². The summed E-state index contributed by atoms with van der Waals surface area (Å²) in [4.78, 5) is 19.3. The number of hydrogen-bond donors (Lipinski definition) is 0. The van der Waals surface area contributed by atoms with Crippen molar-refractivity contribution in [2.24, 2.45) is 0 Å². The monoisotopic (exact) mass is 509 g/mol. The predicted octanol–water partition coefficient (Wildman–Crippen LogP) is 4.30. The van der Waals surface area contributed by atoms with Crippen LogP contribution in [0.3, 0.4) is 0 Å². The van der Waals surface area contributed by atoms with Crippen LogP contribution in [0.5, 0.6) is 5.75 Å². The number of hydrogen-bond acceptors (Lipinski definition) is 6. The maximum Gasteiger partial charge on any atom is 0.573 e. The van der Waals surface area contributed by atoms with Gasteiger partial charge in [-0.15, -0.1) is 13.2 Å². The van der Waals surface area contributed by atoms with Gasteiger partial charge in [0.25, 0.3) is 5.56 Å². The van der Waals surface area contributed by atoms with Gasteiger partial charge in [0.2, 0.25) is 0 Å². The summed E-state index contributed by atoms with van der Waals surface area (Å²) >= 11 is 6.46. The lowest BCUT2D eigenvalue weighted by Crippen LogP contribution is -2.36. The number of para-hydroxylation sites is 1. The van der Waals surface area contributed by atoms with Gasteiger partial charge in [-0.25, -0.2) is 4.98 Å². The third kappa shape index (κ3) is 5.01. The minimum Gasteiger partial charge on any atom is -0.405 e. The molecule has 0 N–H and O–H groups in total. The van der Waals surface area contributed by atoms with Crippen molar-refractivity contribution >= 4 is 17.3 Å². The van der Waals surface area contributed by atoms with Crippen LogP contribution in [-0.2, 0) is 24.2 Å². The van der Waals surface area contributed by atoms with Gasteiger partial charge in [-0.3, -0.25) is 4.79 Å². The van der Waals surface area contributed by atoms with E-state index in [9.17, 15) is 18.0 Å². The van der Waals surface area contributed by atoms with E-state index in [0.717, 1.165) is 24.2 Å². The third-order valence-electron chi connectivity index (χ3n) is 6.23. The molecule has 2 aliphatic rings. The zero-order valence-electron chi connectivity index (χ0n) is 18.7. The highest BCUT2D eigenvalue weighted by atomic mass is 35.5. The van der Waals surface area contributed by atoms with Gasteiger partial charge < -0.3 is 18.9 Å². The van der Waals surface area contributed by atoms with Crippen molar-refractivity contribution in [2.45, 2.75) is 51.4 Å². The fourth-order valence-electron chi connectivity index (χ4n) is 4.53. The number of aromatic nitrogens is 4. The first-order chi connectivity index (χ1) is 16.8. The van der Waals surface area contributed by atoms with Gasteiger partial charge in [-0.05, 0) is 25.3 Å². The quantitative estimate of drug-likeness (QED) is 0.510. The van der Waals surface area contributed by atoms with Crippen LogP contribution in [0.25, 0.3) is 0 Å². The highest BCUT2D eigenvalue weighted by Crippen LogP contribution is 2.31. The molecule has 1 atom stereocenters. The summed E-state index contributed by atoms with van der Waals surface area (Å²) in [6, 6.07) is 6.06. The second kappa shape index (κ2) is 9.54. The summed E-state index contributed by atoms with van der Waals surface area (Å²) in [6.45, 7) is 1.72. The van der Waals surface area contributed by atoms with Crippen molar-refractivity contribution in [3.05, 3.63) is 69.1 Å². The van der Waals surface area contributed by atoms with Crippen molar-refractivity contribution in [1.82, 2.24) is 19.3 Å². The highest BCUT2D eigenvalue weighted by Gasteiger charge is 2.32. The normalized spacial score (nSPS) is 18.4. The molecule has 1 aromatic carbocycles. The Morgan fingerprint density at radius 2 is 2.06 bits per heavy atom. The van der Waals surface area contributed by atoms with E-state index >= 15 is 0 Å². The SMILES string of the molecule is O=c1c(Cl)c(N2CCc3c(ncn3Cc3ccccc3OC(F)(F)F)C2)cnn1C1CCCCO1. The van der Waals surface area contributed by atoms with E-state index in [0.29, 0.717) is 43.8 Å². The number of nitrogens with zero attached hydrogens (tertiary/aromatic N) is 5. The summed E-state index contributed by atoms with van der Waals surface area (Å²) in [6.07, 6.45) is 1.22. The summed E-state index contributed by atoms with van der Waals surface area (Å²) in [5.74, 6) is -0.236. The van der Waals surface area contributed by atoms with Gasteiger partial charge in [-0.1, -0.05) is 29.8 Å². The molecule has 12 heteroatoms. The molecular formula is C23H23ClF3N5O3. The highest BCUT2D eigenvalue weighted by molar-refractivity contribution is 6.33. The number of alkyl halides is 3. The molecule has 2 aromatic heterocycles. The molecule has 2 aliphatic heterocycles. The summed E-state index contributed by atoms with van der Waals surface area (Å²) in [5, 5.41) is 4.39. The molecule has 35 heavy (non-hydrogen) atoms. The maximum absolute atomic E-state index is 12.9. The Bertz CT molecular complexity index is 1270. The number of rotatable bonds is 5. The van der Waals surface area contributed by atoms with Crippen LogP contribution < -0.4 is 15.2 Å². The number of ether oxygens (including phenoxy) is 2. The average molecular weight is 510 g/mol. The first kappa shape index (κ1) is 23.7. The van der Waals surface area contributed by atoms with Crippen LogP contribution in [0.4, 0.5) is 18.9 Å². The van der Waals surface area contributed by atoms with Crippen molar-refractivity contribution in [1.29, 1.82) is 0 Å². The Morgan fingerprint density at radius 3 is 2.83 bits per heavy atom. The van der Waals surface area contributed by atoms with Gasteiger partial charge in [0.15, 0.2) is 6.23 Å². The molecule has 0 amide bonds. The Labute approximate surface area is 203 Å². The van der Waals surface area contributed by atoms with E-state index in [4.69, 9.17) is 16.3 Å². The zero-order chi connectivity index (χ0) is 24.6. The van der Waals surface area contributed by atoms with E-state index in [2.05, 4.69) is 14.8 Å². The molecular weight excluding hydrogens is 487 g/mol. The fourth-order valence-corrected chi connectivity index (χ4v) is 4.79. The lowest BCUT2D eigenvalue weighted by Gasteiger charge is -2.30. The van der Waals surface area contributed by atoms with Crippen molar-refractivity contribution in [3.8, 4) is 5.75 Å². The first-order valence-corrected chi connectivity index (χ1v) is 11.7. The Morgan fingerprint density at radius 1 is 1.23 bits per heavy atom. The molecule has 0 spiro atoms. The molecule has 1 fully saturated rings. The number of fused-ring (bicyclic) bond motifs is 1. The minimum absolute atomic E-state index is 0.0790. The summed E-state index contributed by atoms with van der Waals surface area (Å²) in [7, 11) is 0. The van der Waals surface area contributed by atoms with Crippen LogP contribution in [0.15, 0.2) is 41.6 Å². The third-order valence-corrected chi connectivity index (χ3v) is 6.58. The van der Waals surface area contributed by atoms with Crippen LogP contribution in [0, 0.1) is 0 Å². The predicted molar refractivity (Wildman–Crippen MR) is 122 cm³/mol. The molecule has 0 aliphatic carbocycles. The fraction of sp³-hybridized carbons (Fsp3) is 0.435. The smallest absolute Gasteiger partial charge is 0.405 e. The number of anilines is 1. The van der Waals surface area contributed by atoms with Crippen molar-refractivity contribution < 1.29 is 22.6 Å². The molecule has 0 saturated carbocycles. The molecule has 0 radical (unpaired) electrons.